The van der Waals surface area contributed by atoms with Gasteiger partial charge in [-0.1, -0.05) is 30.3 Å². The van der Waals surface area contributed by atoms with Crippen molar-refractivity contribution in [2.45, 2.75) is 18.2 Å². The molecule has 138 valence electrons. The molecule has 0 atom stereocenters. The zero-order valence-electron chi connectivity index (χ0n) is 14.3. The van der Waals surface area contributed by atoms with Crippen LogP contribution in [0, 0.1) is 0 Å². The highest BCUT2D eigenvalue weighted by atomic mass is 32.2. The summed E-state index contributed by atoms with van der Waals surface area (Å²) in [4.78, 5) is 22.9. The highest BCUT2D eigenvalue weighted by molar-refractivity contribution is 7.89. The maximum absolute atomic E-state index is 12.3. The predicted octanol–water partition coefficient (Wildman–Crippen LogP) is 1.71. The Morgan fingerprint density at radius 1 is 1.00 bits per heavy atom. The third kappa shape index (κ3) is 5.68. The lowest BCUT2D eigenvalue weighted by Crippen LogP contribution is -2.26. The Balaban J connectivity index is 1.93. The topological polar surface area (TPSA) is 102 Å². The van der Waals surface area contributed by atoms with Crippen LogP contribution >= 0.6 is 0 Å². The number of rotatable bonds is 7. The Morgan fingerprint density at radius 2 is 1.65 bits per heavy atom. The summed E-state index contributed by atoms with van der Waals surface area (Å²) in [6, 6.07) is 15.1. The summed E-state index contributed by atoms with van der Waals surface area (Å²) in [5.74, 6) is -1.91. The first-order chi connectivity index (χ1) is 12.4. The lowest BCUT2D eigenvalue weighted by molar-refractivity contribution is -0.152. The van der Waals surface area contributed by atoms with Gasteiger partial charge in [-0.15, -0.1) is 0 Å². The van der Waals surface area contributed by atoms with Crippen molar-refractivity contribution in [2.75, 3.05) is 18.5 Å². The fraction of sp³-hybridized carbons (Fsp3) is 0.222. The largest absolute Gasteiger partial charge is 0.459 e. The van der Waals surface area contributed by atoms with Crippen LogP contribution in [-0.4, -0.2) is 33.4 Å². The molecule has 0 saturated carbocycles. The molecule has 2 rings (SSSR count). The van der Waals surface area contributed by atoms with Gasteiger partial charge in [0.25, 0.3) is 0 Å². The summed E-state index contributed by atoms with van der Waals surface area (Å²) in [7, 11) is -3.65. The molecule has 8 heteroatoms. The lowest BCUT2D eigenvalue weighted by Gasteiger charge is -2.08. The number of sulfonamides is 1. The van der Waals surface area contributed by atoms with Gasteiger partial charge in [-0.2, -0.15) is 0 Å². The van der Waals surface area contributed by atoms with Gasteiger partial charge in [0.05, 0.1) is 11.5 Å². The van der Waals surface area contributed by atoms with Gasteiger partial charge >= 0.3 is 11.9 Å². The number of hydrogen-bond donors (Lipinski definition) is 2. The summed E-state index contributed by atoms with van der Waals surface area (Å²) in [5.41, 5.74) is 1.33. The second-order valence-corrected chi connectivity index (χ2v) is 7.10. The molecule has 0 heterocycles. The first-order valence-corrected chi connectivity index (χ1v) is 9.52. The standard InChI is InChI=1S/C18H20N2O5S/c1-2-25-18(22)17(21)20-15-8-10-16(11-9-15)26(23,24)19-13-12-14-6-4-3-5-7-14/h3-11,19H,2,12-13H2,1H3,(H,20,21). The number of ether oxygens (including phenoxy) is 1. The summed E-state index contributed by atoms with van der Waals surface area (Å²) < 4.78 is 31.7. The molecule has 2 aromatic carbocycles. The molecule has 0 spiro atoms. The van der Waals surface area contributed by atoms with Gasteiger partial charge in [0.2, 0.25) is 10.0 Å². The Hall–Kier alpha value is -2.71. The molecule has 0 fully saturated rings. The fourth-order valence-electron chi connectivity index (χ4n) is 2.15. The minimum atomic E-state index is -3.65. The van der Waals surface area contributed by atoms with Gasteiger partial charge in [0, 0.05) is 12.2 Å². The van der Waals surface area contributed by atoms with Gasteiger partial charge in [-0.05, 0) is 43.2 Å². The number of nitrogens with one attached hydrogen (secondary N) is 2. The number of hydrogen-bond acceptors (Lipinski definition) is 5. The molecule has 0 unspecified atom stereocenters. The van der Waals surface area contributed by atoms with E-state index in [0.717, 1.165) is 5.56 Å². The molecular formula is C18H20N2O5S. The second-order valence-electron chi connectivity index (χ2n) is 5.33. The van der Waals surface area contributed by atoms with Crippen molar-refractivity contribution < 1.29 is 22.7 Å². The van der Waals surface area contributed by atoms with E-state index < -0.39 is 21.9 Å². The van der Waals surface area contributed by atoms with Crippen LogP contribution in [0.25, 0.3) is 0 Å². The van der Waals surface area contributed by atoms with E-state index in [4.69, 9.17) is 0 Å². The maximum atomic E-state index is 12.3. The van der Waals surface area contributed by atoms with E-state index in [1.807, 2.05) is 30.3 Å². The summed E-state index contributed by atoms with van der Waals surface area (Å²) in [6.45, 7) is 1.96. The van der Waals surface area contributed by atoms with E-state index in [9.17, 15) is 18.0 Å². The van der Waals surface area contributed by atoms with Crippen LogP contribution in [0.3, 0.4) is 0 Å². The molecule has 2 aromatic rings. The molecule has 2 N–H and O–H groups in total. The zero-order valence-corrected chi connectivity index (χ0v) is 15.1. The smallest absolute Gasteiger partial charge is 0.397 e. The van der Waals surface area contributed by atoms with E-state index in [1.54, 1.807) is 6.92 Å². The van der Waals surface area contributed by atoms with Crippen molar-refractivity contribution in [3.8, 4) is 0 Å². The van der Waals surface area contributed by atoms with Gasteiger partial charge in [0.1, 0.15) is 0 Å². The van der Waals surface area contributed by atoms with Crippen molar-refractivity contribution in [3.05, 3.63) is 60.2 Å². The van der Waals surface area contributed by atoms with Crippen LogP contribution in [0.4, 0.5) is 5.69 Å². The van der Waals surface area contributed by atoms with Gasteiger partial charge in [-0.3, -0.25) is 4.79 Å². The third-order valence-electron chi connectivity index (χ3n) is 3.43. The molecule has 26 heavy (non-hydrogen) atoms. The summed E-state index contributed by atoms with van der Waals surface area (Å²) in [5, 5.41) is 2.34. The van der Waals surface area contributed by atoms with Gasteiger partial charge in [-0.25, -0.2) is 17.9 Å². The Kier molecular flexibility index (Phi) is 6.88. The van der Waals surface area contributed by atoms with Crippen molar-refractivity contribution >= 4 is 27.6 Å². The number of benzene rings is 2. The molecule has 0 aliphatic carbocycles. The molecule has 0 bridgehead atoms. The van der Waals surface area contributed by atoms with Crippen molar-refractivity contribution in [1.29, 1.82) is 0 Å². The average Bonchev–Trinajstić information content (AvgIpc) is 2.63. The van der Waals surface area contributed by atoms with E-state index in [1.165, 1.54) is 24.3 Å². The van der Waals surface area contributed by atoms with E-state index in [-0.39, 0.29) is 18.0 Å². The van der Waals surface area contributed by atoms with E-state index in [0.29, 0.717) is 12.1 Å². The molecule has 1 amide bonds. The highest BCUT2D eigenvalue weighted by Crippen LogP contribution is 2.14. The molecule has 0 aliphatic heterocycles. The first-order valence-electron chi connectivity index (χ1n) is 8.04. The average molecular weight is 376 g/mol. The van der Waals surface area contributed by atoms with Crippen LogP contribution in [0.2, 0.25) is 0 Å². The van der Waals surface area contributed by atoms with E-state index >= 15 is 0 Å². The Labute approximate surface area is 152 Å². The molecule has 0 saturated heterocycles. The van der Waals surface area contributed by atoms with Crippen molar-refractivity contribution in [3.63, 3.8) is 0 Å². The number of amides is 1. The van der Waals surface area contributed by atoms with Crippen molar-refractivity contribution in [2.24, 2.45) is 0 Å². The number of carbonyl (C=O) groups excluding carboxylic acids is 2. The highest BCUT2D eigenvalue weighted by Gasteiger charge is 2.16. The minimum absolute atomic E-state index is 0.0692. The Bertz CT molecular complexity index is 849. The summed E-state index contributed by atoms with van der Waals surface area (Å²) >= 11 is 0. The first kappa shape index (κ1) is 19.6. The second kappa shape index (κ2) is 9.12. The van der Waals surface area contributed by atoms with Gasteiger partial charge < -0.3 is 10.1 Å². The monoisotopic (exact) mass is 376 g/mol. The lowest BCUT2D eigenvalue weighted by atomic mass is 10.2. The normalized spacial score (nSPS) is 11.0. The van der Waals surface area contributed by atoms with E-state index in [2.05, 4.69) is 14.8 Å². The molecule has 0 aliphatic rings. The molecule has 0 aromatic heterocycles. The van der Waals surface area contributed by atoms with Crippen LogP contribution < -0.4 is 10.0 Å². The van der Waals surface area contributed by atoms with Crippen LogP contribution in [0.1, 0.15) is 12.5 Å². The third-order valence-corrected chi connectivity index (χ3v) is 4.91. The predicted molar refractivity (Wildman–Crippen MR) is 97.0 cm³/mol. The number of carbonyl (C=O) groups is 2. The number of anilines is 1. The van der Waals surface area contributed by atoms with Crippen LogP contribution in [-0.2, 0) is 30.8 Å². The maximum Gasteiger partial charge on any atom is 0.397 e. The zero-order chi connectivity index (χ0) is 19.0. The Morgan fingerprint density at radius 3 is 2.27 bits per heavy atom. The molecule has 7 nitrogen and oxygen atoms in total. The SMILES string of the molecule is CCOC(=O)C(=O)Nc1ccc(S(=O)(=O)NCCc2ccccc2)cc1. The molecular weight excluding hydrogens is 356 g/mol. The quantitative estimate of drug-likeness (QED) is 0.566. The number of esters is 1. The van der Waals surface area contributed by atoms with Crippen LogP contribution in [0.15, 0.2) is 59.5 Å². The molecule has 0 radical (unpaired) electrons. The van der Waals surface area contributed by atoms with Crippen LogP contribution in [0.5, 0.6) is 0 Å². The fourth-order valence-corrected chi connectivity index (χ4v) is 3.19. The van der Waals surface area contributed by atoms with Gasteiger partial charge in [0.15, 0.2) is 0 Å². The minimum Gasteiger partial charge on any atom is -0.459 e. The van der Waals surface area contributed by atoms with Crippen molar-refractivity contribution in [1.82, 2.24) is 4.72 Å². The summed E-state index contributed by atoms with van der Waals surface area (Å²) in [6.07, 6.45) is 0.577.